The second-order valence-electron chi connectivity index (χ2n) is 24.0. The predicted molar refractivity (Wildman–Crippen MR) is 286 cm³/mol. The Balaban J connectivity index is 1.46. The van der Waals surface area contributed by atoms with E-state index in [9.17, 15) is 5.11 Å². The summed E-state index contributed by atoms with van der Waals surface area (Å²) >= 11 is 0. The number of aromatic nitrogens is 3. The average Bonchev–Trinajstić information content (AvgIpc) is 3.64. The summed E-state index contributed by atoms with van der Waals surface area (Å²) in [5.41, 5.74) is 18.4. The Hall–Kier alpha value is -6.26. The van der Waals surface area contributed by atoms with Crippen LogP contribution in [0.2, 0.25) is 0 Å². The molecule has 0 amide bonds. The van der Waals surface area contributed by atoms with E-state index in [1.807, 2.05) is 6.20 Å². The van der Waals surface area contributed by atoms with Crippen molar-refractivity contribution in [3.05, 3.63) is 167 Å². The molecule has 0 radical (unpaired) electrons. The van der Waals surface area contributed by atoms with Crippen molar-refractivity contribution in [1.29, 1.82) is 0 Å². The van der Waals surface area contributed by atoms with Gasteiger partial charge in [0.1, 0.15) is 11.6 Å². The molecule has 4 heteroatoms. The maximum absolute atomic E-state index is 12.6. The molecular weight excluding hydrogens is 815 g/mol. The topological polar surface area (TPSA) is 50.9 Å². The Morgan fingerprint density at radius 3 is 1.61 bits per heavy atom. The van der Waals surface area contributed by atoms with E-state index in [4.69, 9.17) is 9.97 Å². The molecule has 4 nitrogen and oxygen atoms in total. The third-order valence-corrected chi connectivity index (χ3v) is 13.4. The molecule has 0 bridgehead atoms. The lowest BCUT2D eigenvalue weighted by Crippen LogP contribution is -2.17. The Morgan fingerprint density at radius 1 is 0.433 bits per heavy atom. The van der Waals surface area contributed by atoms with Gasteiger partial charge in [0.25, 0.3) is 0 Å². The van der Waals surface area contributed by atoms with Gasteiger partial charge in [-0.25, -0.2) is 4.98 Å². The molecule has 0 aliphatic heterocycles. The summed E-state index contributed by atoms with van der Waals surface area (Å²) in [5.74, 6) is 0.963. The summed E-state index contributed by atoms with van der Waals surface area (Å²) in [6.45, 7) is 35.8. The number of phenols is 1. The van der Waals surface area contributed by atoms with Gasteiger partial charge in [-0.2, -0.15) is 0 Å². The summed E-state index contributed by atoms with van der Waals surface area (Å²) in [4.78, 5) is 10.7. The number of phenolic OH excluding ortho intramolecular Hbond substituents is 1. The maximum atomic E-state index is 12.6. The van der Waals surface area contributed by atoms with Gasteiger partial charge in [0, 0.05) is 28.5 Å². The Morgan fingerprint density at radius 2 is 1.00 bits per heavy atom. The number of nitrogens with zero attached hydrogens (tertiary/aromatic N) is 3. The Labute approximate surface area is 401 Å². The third-order valence-electron chi connectivity index (χ3n) is 13.4. The number of aryl methyl sites for hydroxylation is 1. The zero-order valence-electron chi connectivity index (χ0n) is 43.0. The molecule has 0 saturated carbocycles. The van der Waals surface area contributed by atoms with Crippen molar-refractivity contribution in [2.24, 2.45) is 0 Å². The number of benzene rings is 6. The average molecular weight is 886 g/mol. The molecule has 8 rings (SSSR count). The van der Waals surface area contributed by atoms with Crippen LogP contribution in [0.3, 0.4) is 0 Å². The first-order valence-corrected chi connectivity index (χ1v) is 24.0. The van der Waals surface area contributed by atoms with Crippen molar-refractivity contribution < 1.29 is 5.11 Å². The molecule has 2 heterocycles. The highest BCUT2D eigenvalue weighted by Gasteiger charge is 2.30. The van der Waals surface area contributed by atoms with Crippen molar-refractivity contribution in [3.8, 4) is 67.5 Å². The normalized spacial score (nSPS) is 12.8. The van der Waals surface area contributed by atoms with E-state index in [1.165, 1.54) is 22.3 Å². The summed E-state index contributed by atoms with van der Waals surface area (Å²) in [6.07, 6.45) is 1.92. The van der Waals surface area contributed by atoms with E-state index in [0.717, 1.165) is 78.0 Å². The molecule has 0 atom stereocenters. The van der Waals surface area contributed by atoms with Gasteiger partial charge in [-0.3, -0.25) is 9.55 Å². The van der Waals surface area contributed by atoms with Crippen molar-refractivity contribution >= 4 is 11.0 Å². The number of imidazole rings is 1. The lowest BCUT2D eigenvalue weighted by atomic mass is 9.79. The first-order valence-electron chi connectivity index (χ1n) is 24.0. The lowest BCUT2D eigenvalue weighted by Gasteiger charge is -2.28. The van der Waals surface area contributed by atoms with Crippen LogP contribution in [0.4, 0.5) is 0 Å². The highest BCUT2D eigenvalue weighted by Crippen LogP contribution is 2.46. The highest BCUT2D eigenvalue weighted by atomic mass is 16.3. The minimum absolute atomic E-state index is 0.0171. The SMILES string of the molecule is Cc1ccc(-c2ccnc(-c3cc(-c4cccc5c4nc(-c4cc(C(C)(C)C)cc(C(C)(C)C)c4O)n5-c4ccc(C(C)(C)C)cc4-c4ccc(C(C)(C)C)cc4)cc(C(C)(C)C)c3)c2)cc1. The molecule has 2 aromatic heterocycles. The van der Waals surface area contributed by atoms with Crippen LogP contribution in [0.5, 0.6) is 5.75 Å². The van der Waals surface area contributed by atoms with E-state index in [-0.39, 0.29) is 32.8 Å². The number of fused-ring (bicyclic) bond motifs is 1. The molecule has 1 N–H and O–H groups in total. The van der Waals surface area contributed by atoms with Crippen molar-refractivity contribution in [2.45, 2.75) is 138 Å². The van der Waals surface area contributed by atoms with E-state index in [1.54, 1.807) is 0 Å². The minimum Gasteiger partial charge on any atom is -0.507 e. The van der Waals surface area contributed by atoms with E-state index >= 15 is 0 Å². The molecule has 0 aliphatic carbocycles. The van der Waals surface area contributed by atoms with Gasteiger partial charge in [0.2, 0.25) is 0 Å². The number of aromatic hydroxyl groups is 1. The van der Waals surface area contributed by atoms with Gasteiger partial charge in [-0.15, -0.1) is 0 Å². The van der Waals surface area contributed by atoms with Crippen molar-refractivity contribution in [3.63, 3.8) is 0 Å². The van der Waals surface area contributed by atoms with Gasteiger partial charge in [-0.1, -0.05) is 188 Å². The minimum atomic E-state index is -0.328. The first kappa shape index (κ1) is 47.2. The van der Waals surface area contributed by atoms with Gasteiger partial charge >= 0.3 is 0 Å². The van der Waals surface area contributed by atoms with Gasteiger partial charge < -0.3 is 5.11 Å². The maximum Gasteiger partial charge on any atom is 0.149 e. The van der Waals surface area contributed by atoms with E-state index < -0.39 is 0 Å². The zero-order chi connectivity index (χ0) is 48.6. The van der Waals surface area contributed by atoms with Crippen LogP contribution in [0.25, 0.3) is 72.7 Å². The third kappa shape index (κ3) is 9.51. The first-order chi connectivity index (χ1) is 31.2. The molecule has 0 spiro atoms. The van der Waals surface area contributed by atoms with Gasteiger partial charge in [0.15, 0.2) is 0 Å². The van der Waals surface area contributed by atoms with Gasteiger partial charge in [0.05, 0.1) is 28.0 Å². The van der Waals surface area contributed by atoms with Crippen LogP contribution in [0.1, 0.15) is 137 Å². The van der Waals surface area contributed by atoms with E-state index in [2.05, 4.69) is 243 Å². The molecule has 8 aromatic rings. The van der Waals surface area contributed by atoms with Crippen LogP contribution >= 0.6 is 0 Å². The zero-order valence-corrected chi connectivity index (χ0v) is 43.0. The number of hydrogen-bond acceptors (Lipinski definition) is 3. The molecular formula is C63H71N3O. The quantitative estimate of drug-likeness (QED) is 0.181. The van der Waals surface area contributed by atoms with Crippen LogP contribution in [0.15, 0.2) is 134 Å². The highest BCUT2D eigenvalue weighted by molar-refractivity contribution is 5.98. The molecule has 0 unspecified atom stereocenters. The Kier molecular flexibility index (Phi) is 11.9. The molecule has 6 aromatic carbocycles. The van der Waals surface area contributed by atoms with Crippen molar-refractivity contribution in [2.75, 3.05) is 0 Å². The van der Waals surface area contributed by atoms with Crippen molar-refractivity contribution in [1.82, 2.24) is 14.5 Å². The van der Waals surface area contributed by atoms with Crippen LogP contribution in [-0.2, 0) is 27.1 Å². The molecule has 344 valence electrons. The fraction of sp³-hybridized carbons (Fsp3) is 0.333. The summed E-state index contributed by atoms with van der Waals surface area (Å²) in [7, 11) is 0. The standard InChI is InChI=1S/C63H71N3O/c1-39-20-22-40(23-21-39)42-30-31-64-53(35-42)44-32-43(33-47(34-44)61(8,9)10)49-18-17-19-55-56(49)65-58(51-37-48(62(11,12)13)38-52(57(51)67)63(14,15)16)66(55)54-29-28-46(60(5,6)7)36-50(54)41-24-26-45(27-25-41)59(2,3)4/h17-38,67H,1-16H3. The van der Waals surface area contributed by atoms with Crippen LogP contribution in [0, 0.1) is 6.92 Å². The Bertz CT molecular complexity index is 3130. The van der Waals surface area contributed by atoms with Crippen LogP contribution < -0.4 is 0 Å². The second-order valence-corrected chi connectivity index (χ2v) is 24.0. The number of para-hydroxylation sites is 1. The summed E-state index contributed by atoms with van der Waals surface area (Å²) in [5, 5.41) is 12.6. The lowest BCUT2D eigenvalue weighted by molar-refractivity contribution is 0.446. The number of pyridine rings is 1. The van der Waals surface area contributed by atoms with Crippen LogP contribution in [-0.4, -0.2) is 19.6 Å². The molecule has 0 saturated heterocycles. The van der Waals surface area contributed by atoms with Gasteiger partial charge in [-0.05, 0) is 127 Å². The number of rotatable bonds is 6. The summed E-state index contributed by atoms with van der Waals surface area (Å²) in [6, 6.07) is 46.8. The monoisotopic (exact) mass is 886 g/mol. The largest absolute Gasteiger partial charge is 0.507 e. The molecule has 0 aliphatic rings. The fourth-order valence-corrected chi connectivity index (χ4v) is 9.02. The fourth-order valence-electron chi connectivity index (χ4n) is 9.02. The second kappa shape index (κ2) is 16.8. The van der Waals surface area contributed by atoms with E-state index in [0.29, 0.717) is 5.82 Å². The molecule has 0 fully saturated rings. The number of hydrogen-bond donors (Lipinski definition) is 1. The molecule has 67 heavy (non-hydrogen) atoms. The predicted octanol–water partition coefficient (Wildman–Crippen LogP) is 17.3. The summed E-state index contributed by atoms with van der Waals surface area (Å²) < 4.78 is 2.31. The smallest absolute Gasteiger partial charge is 0.149 e.